The lowest BCUT2D eigenvalue weighted by atomic mass is 9.88. The minimum absolute atomic E-state index is 0.100. The van der Waals surface area contributed by atoms with Crippen LogP contribution in [0.5, 0.6) is 11.6 Å². The third-order valence-electron chi connectivity index (χ3n) is 4.18. The second-order valence-electron chi connectivity index (χ2n) is 5.57. The number of hydrogen-bond acceptors (Lipinski definition) is 5. The summed E-state index contributed by atoms with van der Waals surface area (Å²) < 4.78 is 11.9. The summed E-state index contributed by atoms with van der Waals surface area (Å²) in [6, 6.07) is 12.6. The van der Waals surface area contributed by atoms with E-state index in [1.54, 1.807) is 43.6 Å². The Morgan fingerprint density at radius 1 is 1.17 bits per heavy atom. The highest BCUT2D eigenvalue weighted by molar-refractivity contribution is 5.77. The number of nitrogens with zero attached hydrogens (tertiary/aromatic N) is 2. The van der Waals surface area contributed by atoms with Gasteiger partial charge in [0.15, 0.2) is 0 Å². The Kier molecular flexibility index (Phi) is 3.30. The molecular formula is C18H14N2O4. The van der Waals surface area contributed by atoms with E-state index in [1.807, 2.05) is 12.1 Å². The third-order valence-corrected chi connectivity index (χ3v) is 4.18. The Labute approximate surface area is 137 Å². The van der Waals surface area contributed by atoms with Crippen molar-refractivity contribution in [3.63, 3.8) is 0 Å². The van der Waals surface area contributed by atoms with E-state index >= 15 is 0 Å². The number of rotatable bonds is 2. The first-order valence-electron chi connectivity index (χ1n) is 7.53. The fraction of sp³-hybridized carbons (Fsp3) is 0.167. The van der Waals surface area contributed by atoms with Crippen LogP contribution in [-0.4, -0.2) is 22.5 Å². The van der Waals surface area contributed by atoms with Gasteiger partial charge in [-0.05, 0) is 29.8 Å². The molecule has 1 aliphatic rings. The molecule has 0 aliphatic carbocycles. The van der Waals surface area contributed by atoms with Crippen molar-refractivity contribution in [2.24, 2.45) is 0 Å². The van der Waals surface area contributed by atoms with Gasteiger partial charge in [0.2, 0.25) is 5.88 Å². The van der Waals surface area contributed by atoms with Crippen LogP contribution in [0.4, 0.5) is 0 Å². The standard InChI is InChI=1S/C18H14N2O4/c1-23-12-7-5-11(6-8-12)13-10-15(21)24-17-16(13)18(22)20-9-3-2-4-14(20)19-17/h2-9,13H,10H2,1H3/t13-/m0/s1. The SMILES string of the molecule is COc1ccc([C@@H]2CC(=O)Oc3nc4ccccn4c(=O)c32)cc1. The number of esters is 1. The van der Waals surface area contributed by atoms with E-state index in [-0.39, 0.29) is 23.8 Å². The zero-order valence-corrected chi connectivity index (χ0v) is 12.9. The Hall–Kier alpha value is -3.15. The maximum atomic E-state index is 12.9. The molecule has 6 nitrogen and oxygen atoms in total. The lowest BCUT2D eigenvalue weighted by Gasteiger charge is -2.23. The highest BCUT2D eigenvalue weighted by Gasteiger charge is 2.33. The first kappa shape index (κ1) is 14.4. The Morgan fingerprint density at radius 2 is 1.96 bits per heavy atom. The van der Waals surface area contributed by atoms with Gasteiger partial charge < -0.3 is 9.47 Å². The minimum atomic E-state index is -0.393. The molecule has 1 atom stereocenters. The number of methoxy groups -OCH3 is 1. The van der Waals surface area contributed by atoms with E-state index in [4.69, 9.17) is 9.47 Å². The molecule has 0 unspecified atom stereocenters. The smallest absolute Gasteiger partial charge is 0.313 e. The zero-order valence-electron chi connectivity index (χ0n) is 12.9. The number of aromatic nitrogens is 2. The van der Waals surface area contributed by atoms with Crippen LogP contribution in [0.1, 0.15) is 23.5 Å². The third kappa shape index (κ3) is 2.23. The van der Waals surface area contributed by atoms with Crippen molar-refractivity contribution in [1.29, 1.82) is 0 Å². The van der Waals surface area contributed by atoms with Gasteiger partial charge in [0.25, 0.3) is 5.56 Å². The lowest BCUT2D eigenvalue weighted by molar-refractivity contribution is -0.135. The average Bonchev–Trinajstić information content (AvgIpc) is 2.61. The molecule has 0 bridgehead atoms. The Balaban J connectivity index is 1.93. The molecule has 0 amide bonds. The summed E-state index contributed by atoms with van der Waals surface area (Å²) in [5.41, 5.74) is 1.49. The molecule has 0 spiro atoms. The second kappa shape index (κ2) is 5.49. The number of fused-ring (bicyclic) bond motifs is 2. The normalized spacial score (nSPS) is 16.5. The van der Waals surface area contributed by atoms with Crippen LogP contribution in [0.25, 0.3) is 5.65 Å². The van der Waals surface area contributed by atoms with Crippen molar-refractivity contribution in [1.82, 2.24) is 9.38 Å². The monoisotopic (exact) mass is 322 g/mol. The summed E-state index contributed by atoms with van der Waals surface area (Å²) in [7, 11) is 1.59. The zero-order chi connectivity index (χ0) is 16.7. The van der Waals surface area contributed by atoms with Crippen molar-refractivity contribution in [2.75, 3.05) is 7.11 Å². The lowest BCUT2D eigenvalue weighted by Crippen LogP contribution is -2.31. The fourth-order valence-corrected chi connectivity index (χ4v) is 3.00. The molecular weight excluding hydrogens is 308 g/mol. The first-order valence-corrected chi connectivity index (χ1v) is 7.53. The quantitative estimate of drug-likeness (QED) is 0.676. The van der Waals surface area contributed by atoms with Crippen molar-refractivity contribution < 1.29 is 14.3 Å². The van der Waals surface area contributed by atoms with Crippen molar-refractivity contribution in [3.05, 3.63) is 70.1 Å². The molecule has 1 aliphatic heterocycles. The Morgan fingerprint density at radius 3 is 2.71 bits per heavy atom. The van der Waals surface area contributed by atoms with Gasteiger partial charge in [-0.2, -0.15) is 4.98 Å². The molecule has 120 valence electrons. The molecule has 3 heterocycles. The predicted molar refractivity (Wildman–Crippen MR) is 86.6 cm³/mol. The Bertz CT molecular complexity index is 992. The number of carbonyl (C=O) groups excluding carboxylic acids is 1. The molecule has 1 aromatic carbocycles. The molecule has 2 aromatic heterocycles. The molecule has 24 heavy (non-hydrogen) atoms. The van der Waals surface area contributed by atoms with E-state index in [0.29, 0.717) is 17.0 Å². The van der Waals surface area contributed by atoms with E-state index in [0.717, 1.165) is 5.56 Å². The molecule has 0 fully saturated rings. The van der Waals surface area contributed by atoms with E-state index in [1.165, 1.54) is 4.40 Å². The largest absolute Gasteiger partial charge is 0.497 e. The summed E-state index contributed by atoms with van der Waals surface area (Å²) in [5, 5.41) is 0. The fourth-order valence-electron chi connectivity index (χ4n) is 3.00. The summed E-state index contributed by atoms with van der Waals surface area (Å²) in [4.78, 5) is 29.2. The predicted octanol–water partition coefficient (Wildman–Crippen LogP) is 2.14. The number of pyridine rings is 1. The van der Waals surface area contributed by atoms with Gasteiger partial charge in [0.05, 0.1) is 19.1 Å². The van der Waals surface area contributed by atoms with Gasteiger partial charge in [-0.25, -0.2) is 0 Å². The number of carbonyl (C=O) groups is 1. The van der Waals surface area contributed by atoms with Crippen LogP contribution < -0.4 is 15.0 Å². The van der Waals surface area contributed by atoms with Gasteiger partial charge in [-0.1, -0.05) is 18.2 Å². The van der Waals surface area contributed by atoms with Crippen LogP contribution in [0.2, 0.25) is 0 Å². The van der Waals surface area contributed by atoms with Crippen molar-refractivity contribution in [2.45, 2.75) is 12.3 Å². The highest BCUT2D eigenvalue weighted by Crippen LogP contribution is 2.36. The summed E-state index contributed by atoms with van der Waals surface area (Å²) in [6.07, 6.45) is 1.77. The molecule has 4 rings (SSSR count). The van der Waals surface area contributed by atoms with E-state index < -0.39 is 5.97 Å². The molecule has 0 radical (unpaired) electrons. The first-order chi connectivity index (χ1) is 11.7. The molecule has 6 heteroatoms. The van der Waals surface area contributed by atoms with Gasteiger partial charge >= 0.3 is 5.97 Å². The number of benzene rings is 1. The number of ether oxygens (including phenoxy) is 2. The molecule has 0 N–H and O–H groups in total. The minimum Gasteiger partial charge on any atom is -0.497 e. The summed E-state index contributed by atoms with van der Waals surface area (Å²) in [6.45, 7) is 0. The van der Waals surface area contributed by atoms with E-state index in [9.17, 15) is 9.59 Å². The van der Waals surface area contributed by atoms with Crippen LogP contribution in [-0.2, 0) is 4.79 Å². The molecule has 0 saturated carbocycles. The molecule has 3 aromatic rings. The number of hydrogen-bond donors (Lipinski definition) is 0. The van der Waals surface area contributed by atoms with Crippen LogP contribution >= 0.6 is 0 Å². The maximum absolute atomic E-state index is 12.9. The summed E-state index contributed by atoms with van der Waals surface area (Å²) >= 11 is 0. The van der Waals surface area contributed by atoms with Gasteiger partial charge in [-0.15, -0.1) is 0 Å². The molecule has 0 saturated heterocycles. The summed E-state index contributed by atoms with van der Waals surface area (Å²) in [5.74, 6) is 0.0359. The van der Waals surface area contributed by atoms with Gasteiger partial charge in [-0.3, -0.25) is 14.0 Å². The van der Waals surface area contributed by atoms with Gasteiger partial charge in [0.1, 0.15) is 11.4 Å². The van der Waals surface area contributed by atoms with Crippen molar-refractivity contribution in [3.8, 4) is 11.6 Å². The van der Waals surface area contributed by atoms with Crippen LogP contribution in [0.3, 0.4) is 0 Å². The average molecular weight is 322 g/mol. The van der Waals surface area contributed by atoms with Gasteiger partial charge in [0, 0.05) is 12.1 Å². The van der Waals surface area contributed by atoms with Crippen LogP contribution in [0, 0.1) is 0 Å². The second-order valence-corrected chi connectivity index (χ2v) is 5.57. The highest BCUT2D eigenvalue weighted by atomic mass is 16.5. The van der Waals surface area contributed by atoms with Crippen LogP contribution in [0.15, 0.2) is 53.5 Å². The topological polar surface area (TPSA) is 69.9 Å². The van der Waals surface area contributed by atoms with E-state index in [2.05, 4.69) is 4.98 Å². The van der Waals surface area contributed by atoms with Crippen molar-refractivity contribution >= 4 is 11.6 Å². The maximum Gasteiger partial charge on any atom is 0.313 e.